The van der Waals surface area contributed by atoms with E-state index in [0.29, 0.717) is 5.75 Å². The van der Waals surface area contributed by atoms with E-state index in [1.807, 2.05) is 25.1 Å². The molecule has 0 spiro atoms. The molecule has 0 atom stereocenters. The average Bonchev–Trinajstić information content (AvgIpc) is 2.25. The van der Waals surface area contributed by atoms with E-state index in [2.05, 4.69) is 36.3 Å². The second kappa shape index (κ2) is 6.54. The number of aromatic nitrogens is 1. The number of hydrogen-bond acceptors (Lipinski definition) is 4. The third-order valence-electron chi connectivity index (χ3n) is 1.93. The van der Waals surface area contributed by atoms with E-state index in [0.717, 1.165) is 11.4 Å². The topological polar surface area (TPSA) is 54.4 Å². The van der Waals surface area contributed by atoms with Gasteiger partial charge in [0.15, 0.2) is 0 Å². The van der Waals surface area contributed by atoms with Crippen molar-refractivity contribution in [1.82, 2.24) is 10.4 Å². The molecule has 0 unspecified atom stereocenters. The van der Waals surface area contributed by atoms with E-state index in [9.17, 15) is 4.79 Å². The first-order valence-electron chi connectivity index (χ1n) is 5.76. The molecule has 0 aromatic carbocycles. The zero-order valence-corrected chi connectivity index (χ0v) is 12.0. The lowest BCUT2D eigenvalue weighted by atomic mass is 10.3. The van der Waals surface area contributed by atoms with Crippen molar-refractivity contribution in [3.8, 4) is 0 Å². The lowest BCUT2D eigenvalue weighted by Gasteiger charge is -2.16. The van der Waals surface area contributed by atoms with Crippen LogP contribution < -0.4 is 5.43 Å². The molecule has 5 heteroatoms. The second-order valence-corrected chi connectivity index (χ2v) is 6.70. The molecule has 4 nitrogen and oxygen atoms in total. The predicted octanol–water partition coefficient (Wildman–Crippen LogP) is 2.37. The molecule has 1 aromatic heterocycles. The monoisotopic (exact) mass is 265 g/mol. The van der Waals surface area contributed by atoms with Crippen molar-refractivity contribution >= 4 is 23.9 Å². The van der Waals surface area contributed by atoms with Gasteiger partial charge in [0.25, 0.3) is 0 Å². The molecule has 18 heavy (non-hydrogen) atoms. The molecule has 0 radical (unpaired) electrons. The molecular formula is C13H19N3OS. The molecule has 0 fully saturated rings. The van der Waals surface area contributed by atoms with Gasteiger partial charge in [-0.05, 0) is 19.1 Å². The second-order valence-electron chi connectivity index (χ2n) is 4.90. The number of carbonyl (C=O) groups excluding carboxylic acids is 1. The molecule has 1 aromatic rings. The molecule has 1 amide bonds. The molecule has 1 heterocycles. The van der Waals surface area contributed by atoms with Crippen LogP contribution in [-0.4, -0.2) is 27.6 Å². The van der Waals surface area contributed by atoms with E-state index in [4.69, 9.17) is 0 Å². The van der Waals surface area contributed by atoms with E-state index >= 15 is 0 Å². The Morgan fingerprint density at radius 3 is 2.83 bits per heavy atom. The first-order valence-corrected chi connectivity index (χ1v) is 6.75. The molecule has 0 aliphatic heterocycles. The van der Waals surface area contributed by atoms with Crippen LogP contribution in [-0.2, 0) is 4.79 Å². The van der Waals surface area contributed by atoms with E-state index in [-0.39, 0.29) is 10.7 Å². The van der Waals surface area contributed by atoms with Gasteiger partial charge in [-0.25, -0.2) is 5.43 Å². The smallest absolute Gasteiger partial charge is 0.250 e. The number of carbonyl (C=O) groups is 1. The fourth-order valence-corrected chi connectivity index (χ4v) is 1.75. The normalized spacial score (nSPS) is 11.8. The summed E-state index contributed by atoms with van der Waals surface area (Å²) in [6, 6.07) is 5.66. The van der Waals surface area contributed by atoms with Crippen LogP contribution in [0.15, 0.2) is 23.3 Å². The van der Waals surface area contributed by atoms with Crippen LogP contribution in [0.25, 0.3) is 0 Å². The Balaban J connectivity index is 2.39. The van der Waals surface area contributed by atoms with Crippen LogP contribution in [0.2, 0.25) is 0 Å². The maximum Gasteiger partial charge on any atom is 0.250 e. The van der Waals surface area contributed by atoms with E-state index in [1.54, 1.807) is 18.0 Å². The summed E-state index contributed by atoms with van der Waals surface area (Å²) in [5, 5.41) is 3.88. The zero-order chi connectivity index (χ0) is 13.6. The summed E-state index contributed by atoms with van der Waals surface area (Å²) < 4.78 is 0.0825. The number of rotatable bonds is 4. The largest absolute Gasteiger partial charge is 0.272 e. The molecule has 1 N–H and O–H groups in total. The van der Waals surface area contributed by atoms with Gasteiger partial charge < -0.3 is 0 Å². The zero-order valence-electron chi connectivity index (χ0n) is 11.2. The number of thioether (sulfide) groups is 1. The van der Waals surface area contributed by atoms with E-state index in [1.165, 1.54) is 0 Å². The van der Waals surface area contributed by atoms with Crippen molar-refractivity contribution in [3.05, 3.63) is 29.6 Å². The van der Waals surface area contributed by atoms with Crippen LogP contribution in [0.3, 0.4) is 0 Å². The minimum Gasteiger partial charge on any atom is -0.272 e. The molecule has 0 aliphatic carbocycles. The van der Waals surface area contributed by atoms with Crippen LogP contribution >= 0.6 is 11.8 Å². The Morgan fingerprint density at radius 2 is 2.22 bits per heavy atom. The molecule has 0 bridgehead atoms. The SMILES string of the molecule is Cc1cccc(/C=N/NC(=O)CSC(C)(C)C)n1. The number of nitrogens with zero attached hydrogens (tertiary/aromatic N) is 2. The Bertz CT molecular complexity index is 438. The quantitative estimate of drug-likeness (QED) is 0.671. The minimum absolute atomic E-state index is 0.0825. The van der Waals surface area contributed by atoms with Gasteiger partial charge in [0.05, 0.1) is 17.7 Å². The summed E-state index contributed by atoms with van der Waals surface area (Å²) in [7, 11) is 0. The van der Waals surface area contributed by atoms with Gasteiger partial charge in [-0.2, -0.15) is 5.10 Å². The van der Waals surface area contributed by atoms with Gasteiger partial charge in [0.2, 0.25) is 5.91 Å². The Hall–Kier alpha value is -1.36. The highest BCUT2D eigenvalue weighted by Gasteiger charge is 2.12. The number of aryl methyl sites for hydroxylation is 1. The number of pyridine rings is 1. The predicted molar refractivity (Wildman–Crippen MR) is 76.9 cm³/mol. The summed E-state index contributed by atoms with van der Waals surface area (Å²) in [4.78, 5) is 15.7. The Labute approximate surface area is 112 Å². The highest BCUT2D eigenvalue weighted by Crippen LogP contribution is 2.22. The van der Waals surface area contributed by atoms with Gasteiger partial charge >= 0.3 is 0 Å². The number of hydrogen-bond donors (Lipinski definition) is 1. The molecule has 0 aliphatic rings. The third-order valence-corrected chi connectivity index (χ3v) is 3.20. The molecular weight excluding hydrogens is 246 g/mol. The fraction of sp³-hybridized carbons (Fsp3) is 0.462. The van der Waals surface area contributed by atoms with Crippen molar-refractivity contribution in [2.75, 3.05) is 5.75 Å². The first-order chi connectivity index (χ1) is 8.37. The Kier molecular flexibility index (Phi) is 5.34. The van der Waals surface area contributed by atoms with Crippen LogP contribution in [0.4, 0.5) is 0 Å². The fourth-order valence-electron chi connectivity index (χ4n) is 1.12. The average molecular weight is 265 g/mol. The molecule has 98 valence electrons. The van der Waals surface area contributed by atoms with Crippen molar-refractivity contribution in [2.24, 2.45) is 5.10 Å². The summed E-state index contributed by atoms with van der Waals surface area (Å²) in [5.41, 5.74) is 4.15. The van der Waals surface area contributed by atoms with Crippen LogP contribution in [0, 0.1) is 6.92 Å². The van der Waals surface area contributed by atoms with Crippen molar-refractivity contribution in [1.29, 1.82) is 0 Å². The number of nitrogens with one attached hydrogen (secondary N) is 1. The highest BCUT2D eigenvalue weighted by atomic mass is 32.2. The minimum atomic E-state index is -0.0983. The van der Waals surface area contributed by atoms with Crippen molar-refractivity contribution in [3.63, 3.8) is 0 Å². The standard InChI is InChI=1S/C13H19N3OS/c1-10-6-5-7-11(15-10)8-14-16-12(17)9-18-13(2,3)4/h5-8H,9H2,1-4H3,(H,16,17)/b14-8+. The lowest BCUT2D eigenvalue weighted by molar-refractivity contribution is -0.118. The molecule has 0 saturated carbocycles. The van der Waals surface area contributed by atoms with Gasteiger partial charge in [-0.1, -0.05) is 26.8 Å². The lowest BCUT2D eigenvalue weighted by Crippen LogP contribution is -2.22. The van der Waals surface area contributed by atoms with Gasteiger partial charge in [0, 0.05) is 10.4 Å². The van der Waals surface area contributed by atoms with E-state index < -0.39 is 0 Å². The van der Waals surface area contributed by atoms with Crippen molar-refractivity contribution < 1.29 is 4.79 Å². The summed E-state index contributed by atoms with van der Waals surface area (Å²) in [5.74, 6) is 0.307. The van der Waals surface area contributed by atoms with Crippen LogP contribution in [0.5, 0.6) is 0 Å². The van der Waals surface area contributed by atoms with Crippen molar-refractivity contribution in [2.45, 2.75) is 32.4 Å². The highest BCUT2D eigenvalue weighted by molar-refractivity contribution is 8.01. The molecule has 0 saturated heterocycles. The maximum atomic E-state index is 11.5. The summed E-state index contributed by atoms with van der Waals surface area (Å²) in [6.45, 7) is 8.14. The van der Waals surface area contributed by atoms with Gasteiger partial charge in [0.1, 0.15) is 0 Å². The summed E-state index contributed by atoms with van der Waals surface area (Å²) in [6.07, 6.45) is 1.55. The Morgan fingerprint density at radius 1 is 1.50 bits per heavy atom. The molecule has 1 rings (SSSR count). The van der Waals surface area contributed by atoms with Gasteiger partial charge in [-0.3, -0.25) is 9.78 Å². The number of amides is 1. The third kappa shape index (κ3) is 6.39. The first kappa shape index (κ1) is 14.7. The van der Waals surface area contributed by atoms with Crippen LogP contribution in [0.1, 0.15) is 32.2 Å². The number of hydrazone groups is 1. The maximum absolute atomic E-state index is 11.5. The van der Waals surface area contributed by atoms with Gasteiger partial charge in [-0.15, -0.1) is 11.8 Å². The summed E-state index contributed by atoms with van der Waals surface area (Å²) >= 11 is 1.59.